The van der Waals surface area contributed by atoms with Crippen molar-refractivity contribution >= 4 is 11.6 Å². The number of aliphatic hydroxyl groups is 1. The normalized spacial score (nSPS) is 22.8. The number of carbonyl (C=O) groups is 1. The molecular formula is C13H14F3NO3. The van der Waals surface area contributed by atoms with Gasteiger partial charge in [0.1, 0.15) is 5.75 Å². The molecule has 0 spiro atoms. The molecule has 0 saturated heterocycles. The van der Waals surface area contributed by atoms with Gasteiger partial charge in [0.25, 0.3) is 0 Å². The van der Waals surface area contributed by atoms with Crippen LogP contribution in [0.2, 0.25) is 0 Å². The molecule has 0 heterocycles. The number of anilines is 1. The number of hydrogen-bond acceptors (Lipinski definition) is 3. The van der Waals surface area contributed by atoms with Crippen molar-refractivity contribution in [2.75, 3.05) is 5.32 Å². The van der Waals surface area contributed by atoms with Gasteiger partial charge in [-0.15, -0.1) is 0 Å². The monoisotopic (exact) mass is 289 g/mol. The molecule has 1 aromatic rings. The zero-order valence-corrected chi connectivity index (χ0v) is 10.4. The van der Waals surface area contributed by atoms with Crippen LogP contribution in [0.3, 0.4) is 0 Å². The Labute approximate surface area is 113 Å². The topological polar surface area (TPSA) is 69.6 Å². The van der Waals surface area contributed by atoms with E-state index < -0.39 is 35.4 Å². The lowest BCUT2D eigenvalue weighted by Crippen LogP contribution is -2.28. The smallest absolute Gasteiger partial charge is 0.416 e. The summed E-state index contributed by atoms with van der Waals surface area (Å²) in [6.07, 6.45) is -3.53. The molecule has 20 heavy (non-hydrogen) atoms. The summed E-state index contributed by atoms with van der Waals surface area (Å²) in [5.41, 5.74) is -1.09. The fourth-order valence-corrected chi connectivity index (χ4v) is 2.29. The number of alkyl halides is 3. The largest absolute Gasteiger partial charge is 0.506 e. The number of hydrogen-bond donors (Lipinski definition) is 3. The van der Waals surface area contributed by atoms with E-state index in [2.05, 4.69) is 5.32 Å². The molecule has 0 aliphatic heterocycles. The maximum Gasteiger partial charge on any atom is 0.416 e. The van der Waals surface area contributed by atoms with E-state index in [1.165, 1.54) is 0 Å². The molecule has 1 aromatic carbocycles. The summed E-state index contributed by atoms with van der Waals surface area (Å²) in [5, 5.41) is 21.5. The first-order valence-corrected chi connectivity index (χ1v) is 6.18. The van der Waals surface area contributed by atoms with E-state index in [0.717, 1.165) is 18.6 Å². The molecule has 3 N–H and O–H groups in total. The zero-order chi connectivity index (χ0) is 14.9. The number of phenols is 1. The Morgan fingerprint density at radius 1 is 1.30 bits per heavy atom. The Hall–Kier alpha value is -1.76. The van der Waals surface area contributed by atoms with E-state index in [4.69, 9.17) is 0 Å². The molecule has 0 radical (unpaired) electrons. The molecule has 2 atom stereocenters. The summed E-state index contributed by atoms with van der Waals surface area (Å²) in [6.45, 7) is 0. The third-order valence-corrected chi connectivity index (χ3v) is 3.40. The van der Waals surface area contributed by atoms with Crippen molar-refractivity contribution in [3.05, 3.63) is 23.8 Å². The van der Waals surface area contributed by atoms with Gasteiger partial charge in [0.05, 0.1) is 23.3 Å². The third-order valence-electron chi connectivity index (χ3n) is 3.40. The fraction of sp³-hybridized carbons (Fsp3) is 0.462. The van der Waals surface area contributed by atoms with Gasteiger partial charge in [-0.3, -0.25) is 4.79 Å². The first-order valence-electron chi connectivity index (χ1n) is 6.18. The Kier molecular flexibility index (Phi) is 3.89. The summed E-state index contributed by atoms with van der Waals surface area (Å²) >= 11 is 0. The van der Waals surface area contributed by atoms with Crippen LogP contribution in [-0.4, -0.2) is 22.2 Å². The van der Waals surface area contributed by atoms with E-state index in [-0.39, 0.29) is 5.69 Å². The number of halogens is 3. The molecule has 1 amide bonds. The molecular weight excluding hydrogens is 275 g/mol. The highest BCUT2D eigenvalue weighted by Gasteiger charge is 2.33. The van der Waals surface area contributed by atoms with Crippen LogP contribution in [0, 0.1) is 5.92 Å². The second kappa shape index (κ2) is 5.32. The van der Waals surface area contributed by atoms with Crippen molar-refractivity contribution in [3.63, 3.8) is 0 Å². The molecule has 1 aliphatic carbocycles. The molecule has 110 valence electrons. The molecule has 4 nitrogen and oxygen atoms in total. The predicted molar refractivity (Wildman–Crippen MR) is 65.1 cm³/mol. The first kappa shape index (κ1) is 14.6. The molecule has 2 rings (SSSR count). The number of nitrogens with one attached hydrogen (secondary N) is 1. The van der Waals surface area contributed by atoms with Crippen molar-refractivity contribution < 1.29 is 28.2 Å². The van der Waals surface area contributed by atoms with Crippen molar-refractivity contribution in [3.8, 4) is 5.75 Å². The minimum atomic E-state index is -4.55. The summed E-state index contributed by atoms with van der Waals surface area (Å²) in [4.78, 5) is 11.9. The first-order chi connectivity index (χ1) is 9.29. The number of amides is 1. The minimum Gasteiger partial charge on any atom is -0.506 e. The molecule has 1 fully saturated rings. The maximum absolute atomic E-state index is 12.4. The van der Waals surface area contributed by atoms with Crippen LogP contribution in [0.5, 0.6) is 5.75 Å². The van der Waals surface area contributed by atoms with E-state index in [9.17, 15) is 28.2 Å². The van der Waals surface area contributed by atoms with Gasteiger partial charge in [-0.05, 0) is 37.5 Å². The number of carbonyl (C=O) groups excluding carboxylic acids is 1. The lowest BCUT2D eigenvalue weighted by atomic mass is 10.0. The number of rotatable bonds is 2. The zero-order valence-electron chi connectivity index (χ0n) is 10.4. The van der Waals surface area contributed by atoms with Gasteiger partial charge in [0.15, 0.2) is 0 Å². The molecule has 2 unspecified atom stereocenters. The van der Waals surface area contributed by atoms with Gasteiger partial charge in [0, 0.05) is 0 Å². The highest BCUT2D eigenvalue weighted by Crippen LogP contribution is 2.35. The lowest BCUT2D eigenvalue weighted by molar-refractivity contribution is -0.137. The van der Waals surface area contributed by atoms with Gasteiger partial charge < -0.3 is 15.5 Å². The van der Waals surface area contributed by atoms with Crippen LogP contribution in [0.15, 0.2) is 18.2 Å². The van der Waals surface area contributed by atoms with Crippen LogP contribution in [0.25, 0.3) is 0 Å². The Balaban J connectivity index is 2.12. The van der Waals surface area contributed by atoms with Gasteiger partial charge in [-0.25, -0.2) is 0 Å². The maximum atomic E-state index is 12.4. The van der Waals surface area contributed by atoms with Gasteiger partial charge in [0.2, 0.25) is 5.91 Å². The minimum absolute atomic E-state index is 0.0953. The standard InChI is InChI=1S/C13H14F3NO3/c14-13(15,16)7-4-5-9(11(19)6-7)17-12(20)8-2-1-3-10(8)18/h4-6,8,10,18-19H,1-3H2,(H,17,20). The molecule has 1 saturated carbocycles. The van der Waals surface area contributed by atoms with Gasteiger partial charge in [-0.2, -0.15) is 13.2 Å². The van der Waals surface area contributed by atoms with Crippen LogP contribution >= 0.6 is 0 Å². The van der Waals surface area contributed by atoms with Crippen LogP contribution in [0.1, 0.15) is 24.8 Å². The SMILES string of the molecule is O=C(Nc1ccc(C(F)(F)F)cc1O)C1CCCC1O. The Bertz CT molecular complexity index is 516. The number of aliphatic hydroxyl groups excluding tert-OH is 1. The van der Waals surface area contributed by atoms with Crippen molar-refractivity contribution in [2.45, 2.75) is 31.5 Å². The molecule has 0 bridgehead atoms. The van der Waals surface area contributed by atoms with Crippen LogP contribution in [-0.2, 0) is 11.0 Å². The van der Waals surface area contributed by atoms with Gasteiger partial charge in [-0.1, -0.05) is 0 Å². The van der Waals surface area contributed by atoms with Crippen molar-refractivity contribution in [2.24, 2.45) is 5.92 Å². The van der Waals surface area contributed by atoms with E-state index >= 15 is 0 Å². The highest BCUT2D eigenvalue weighted by molar-refractivity contribution is 5.94. The Morgan fingerprint density at radius 2 is 2.00 bits per heavy atom. The predicted octanol–water partition coefficient (Wildman–Crippen LogP) is 2.51. The lowest BCUT2D eigenvalue weighted by Gasteiger charge is -2.16. The quantitative estimate of drug-likeness (QED) is 0.733. The van der Waals surface area contributed by atoms with E-state index in [1.807, 2.05) is 0 Å². The number of aromatic hydroxyl groups is 1. The third kappa shape index (κ3) is 3.04. The second-order valence-corrected chi connectivity index (χ2v) is 4.82. The Morgan fingerprint density at radius 3 is 2.50 bits per heavy atom. The van der Waals surface area contributed by atoms with Crippen LogP contribution < -0.4 is 5.32 Å². The van der Waals surface area contributed by atoms with Gasteiger partial charge >= 0.3 is 6.18 Å². The number of benzene rings is 1. The van der Waals surface area contributed by atoms with Crippen molar-refractivity contribution in [1.29, 1.82) is 0 Å². The average Bonchev–Trinajstić information content (AvgIpc) is 2.76. The number of phenolic OH excluding ortho intramolecular Hbond substituents is 1. The molecule has 1 aliphatic rings. The summed E-state index contributed by atoms with van der Waals surface area (Å²) in [5.74, 6) is -1.73. The highest BCUT2D eigenvalue weighted by atomic mass is 19.4. The van der Waals surface area contributed by atoms with Crippen molar-refractivity contribution in [1.82, 2.24) is 0 Å². The molecule has 0 aromatic heterocycles. The summed E-state index contributed by atoms with van der Waals surface area (Å²) in [7, 11) is 0. The summed E-state index contributed by atoms with van der Waals surface area (Å²) < 4.78 is 37.3. The van der Waals surface area contributed by atoms with E-state index in [1.54, 1.807) is 0 Å². The van der Waals surface area contributed by atoms with Crippen LogP contribution in [0.4, 0.5) is 18.9 Å². The average molecular weight is 289 g/mol. The second-order valence-electron chi connectivity index (χ2n) is 4.82. The fourth-order valence-electron chi connectivity index (χ4n) is 2.29. The molecule has 7 heteroatoms. The summed E-state index contributed by atoms with van der Waals surface area (Å²) in [6, 6.07) is 2.33. The van der Waals surface area contributed by atoms with E-state index in [0.29, 0.717) is 18.9 Å².